The Morgan fingerprint density at radius 1 is 0.909 bits per heavy atom. The fraction of sp³-hybridized carbons (Fsp3) is 0.429. The van der Waals surface area contributed by atoms with Gasteiger partial charge in [0.1, 0.15) is 17.1 Å². The van der Waals surface area contributed by atoms with Gasteiger partial charge in [0.15, 0.2) is 5.82 Å². The molecule has 4 atom stereocenters. The van der Waals surface area contributed by atoms with E-state index in [0.29, 0.717) is 12.2 Å². The molecule has 1 aromatic heterocycles. The van der Waals surface area contributed by atoms with Crippen LogP contribution in [0.1, 0.15) is 63.3 Å². The SMILES string of the molecule is COc1ccc(C(O[C@H]2C[C@@H](n3ccc(N=CN(C)C)nc3=O)[C@@H]2COP(OCCC#N)N(C(C)C)C(C)C)(c2ccccc2)c2ccc(OC)cc2)cc1. The van der Waals surface area contributed by atoms with E-state index < -0.39 is 19.8 Å². The number of aromatic nitrogens is 2. The van der Waals surface area contributed by atoms with Gasteiger partial charge in [-0.2, -0.15) is 10.2 Å². The number of nitrogens with zero attached hydrogens (tertiary/aromatic N) is 6. The van der Waals surface area contributed by atoms with Gasteiger partial charge in [0, 0.05) is 44.3 Å². The van der Waals surface area contributed by atoms with Gasteiger partial charge in [-0.3, -0.25) is 4.57 Å². The maximum absolute atomic E-state index is 13.6. The molecule has 0 aliphatic heterocycles. The van der Waals surface area contributed by atoms with E-state index in [-0.39, 0.29) is 49.8 Å². The molecule has 0 radical (unpaired) electrons. The second-order valence-corrected chi connectivity index (χ2v) is 15.6. The zero-order chi connectivity index (χ0) is 39.5. The number of hydrogen-bond acceptors (Lipinski definition) is 10. The van der Waals surface area contributed by atoms with E-state index >= 15 is 0 Å². The highest BCUT2D eigenvalue weighted by molar-refractivity contribution is 7.44. The quantitative estimate of drug-likeness (QED) is 0.0308. The molecular weight excluding hydrogens is 715 g/mol. The molecule has 1 unspecified atom stereocenters. The Labute approximate surface area is 326 Å². The van der Waals surface area contributed by atoms with Gasteiger partial charge < -0.3 is 28.2 Å². The highest BCUT2D eigenvalue weighted by Gasteiger charge is 2.50. The second kappa shape index (κ2) is 19.3. The average Bonchev–Trinajstić information content (AvgIpc) is 3.17. The molecule has 1 heterocycles. The predicted molar refractivity (Wildman–Crippen MR) is 216 cm³/mol. The number of nitriles is 1. The van der Waals surface area contributed by atoms with Gasteiger partial charge in [-0.05, 0) is 81.1 Å². The number of rotatable bonds is 19. The summed E-state index contributed by atoms with van der Waals surface area (Å²) in [6, 6.07) is 29.9. The molecule has 0 bridgehead atoms. The highest BCUT2D eigenvalue weighted by atomic mass is 31.2. The molecule has 1 fully saturated rings. The normalized spacial score (nSPS) is 17.7. The van der Waals surface area contributed by atoms with Crippen LogP contribution in [0.3, 0.4) is 0 Å². The van der Waals surface area contributed by atoms with Gasteiger partial charge in [-0.15, -0.1) is 0 Å². The molecule has 13 heteroatoms. The third-order valence-corrected chi connectivity index (χ3v) is 11.7. The van der Waals surface area contributed by atoms with Crippen molar-refractivity contribution in [3.8, 4) is 17.6 Å². The number of benzene rings is 3. The molecule has 0 spiro atoms. The highest BCUT2D eigenvalue weighted by Crippen LogP contribution is 2.52. The molecule has 0 saturated heterocycles. The smallest absolute Gasteiger partial charge is 0.349 e. The van der Waals surface area contributed by atoms with Crippen LogP contribution in [-0.2, 0) is 19.4 Å². The minimum atomic E-state index is -1.55. The maximum Gasteiger partial charge on any atom is 0.349 e. The van der Waals surface area contributed by atoms with Gasteiger partial charge in [-0.1, -0.05) is 54.6 Å². The Bertz CT molecular complexity index is 1880. The first-order valence-electron chi connectivity index (χ1n) is 18.6. The monoisotopic (exact) mass is 768 g/mol. The predicted octanol–water partition coefficient (Wildman–Crippen LogP) is 7.71. The van der Waals surface area contributed by atoms with Crippen LogP contribution in [-0.4, -0.2) is 85.2 Å². The molecule has 12 nitrogen and oxygen atoms in total. The summed E-state index contributed by atoms with van der Waals surface area (Å²) in [5.41, 5.74) is 1.27. The Morgan fingerprint density at radius 3 is 2.00 bits per heavy atom. The van der Waals surface area contributed by atoms with Crippen LogP contribution < -0.4 is 15.2 Å². The lowest BCUT2D eigenvalue weighted by Gasteiger charge is -2.50. The van der Waals surface area contributed by atoms with E-state index in [2.05, 4.69) is 60.5 Å². The van der Waals surface area contributed by atoms with Crippen molar-refractivity contribution in [1.29, 1.82) is 5.26 Å². The number of hydrogen-bond donors (Lipinski definition) is 0. The van der Waals surface area contributed by atoms with E-state index in [0.717, 1.165) is 28.2 Å². The molecule has 5 rings (SSSR count). The lowest BCUT2D eigenvalue weighted by Crippen LogP contribution is -2.53. The molecular formula is C42H53N6O6P. The number of methoxy groups -OCH3 is 2. The third-order valence-electron chi connectivity index (χ3n) is 9.58. The molecule has 0 N–H and O–H groups in total. The average molecular weight is 769 g/mol. The first kappa shape index (κ1) is 41.5. The van der Waals surface area contributed by atoms with Crippen LogP contribution in [0.15, 0.2) is 101 Å². The lowest BCUT2D eigenvalue weighted by molar-refractivity contribution is -0.148. The molecule has 1 aliphatic rings. The minimum absolute atomic E-state index is 0.121. The van der Waals surface area contributed by atoms with Crippen molar-refractivity contribution in [3.63, 3.8) is 0 Å². The second-order valence-electron chi connectivity index (χ2n) is 14.2. The summed E-state index contributed by atoms with van der Waals surface area (Å²) in [4.78, 5) is 24.1. The Kier molecular flexibility index (Phi) is 14.6. The van der Waals surface area contributed by atoms with Crippen molar-refractivity contribution in [2.24, 2.45) is 10.9 Å². The van der Waals surface area contributed by atoms with Gasteiger partial charge >= 0.3 is 5.69 Å². The first-order valence-corrected chi connectivity index (χ1v) is 19.7. The summed E-state index contributed by atoms with van der Waals surface area (Å²) in [5, 5.41) is 9.29. The van der Waals surface area contributed by atoms with Gasteiger partial charge in [-0.25, -0.2) is 14.5 Å². The molecule has 55 heavy (non-hydrogen) atoms. The zero-order valence-electron chi connectivity index (χ0n) is 33.0. The van der Waals surface area contributed by atoms with Crippen LogP contribution in [0.4, 0.5) is 5.82 Å². The molecule has 1 aliphatic carbocycles. The van der Waals surface area contributed by atoms with Crippen molar-refractivity contribution in [3.05, 3.63) is 118 Å². The Hall–Kier alpha value is -4.63. The topological polar surface area (TPSA) is 124 Å². The zero-order valence-corrected chi connectivity index (χ0v) is 33.9. The first-order chi connectivity index (χ1) is 26.5. The van der Waals surface area contributed by atoms with E-state index in [1.165, 1.54) is 0 Å². The van der Waals surface area contributed by atoms with E-state index in [1.807, 2.05) is 80.8 Å². The van der Waals surface area contributed by atoms with E-state index in [4.69, 9.17) is 23.3 Å². The van der Waals surface area contributed by atoms with Gasteiger partial charge in [0.25, 0.3) is 8.53 Å². The van der Waals surface area contributed by atoms with Crippen molar-refractivity contribution in [2.75, 3.05) is 41.5 Å². The van der Waals surface area contributed by atoms with Crippen LogP contribution in [0.2, 0.25) is 0 Å². The molecule has 4 aromatic rings. The van der Waals surface area contributed by atoms with Crippen molar-refractivity contribution in [2.45, 2.75) is 70.4 Å². The van der Waals surface area contributed by atoms with Crippen molar-refractivity contribution >= 4 is 20.7 Å². The van der Waals surface area contributed by atoms with Crippen LogP contribution in [0.5, 0.6) is 11.5 Å². The summed E-state index contributed by atoms with van der Waals surface area (Å²) >= 11 is 0. The number of aliphatic imine (C=N–C) groups is 1. The fourth-order valence-electron chi connectivity index (χ4n) is 6.93. The van der Waals surface area contributed by atoms with Gasteiger partial charge in [0.05, 0.1) is 52.4 Å². The number of ether oxygens (including phenoxy) is 3. The fourth-order valence-corrected chi connectivity index (χ4v) is 8.58. The molecule has 1 saturated carbocycles. The molecule has 0 amide bonds. The Morgan fingerprint density at radius 2 is 1.49 bits per heavy atom. The van der Waals surface area contributed by atoms with E-state index in [1.54, 1.807) is 42.3 Å². The maximum atomic E-state index is 13.6. The minimum Gasteiger partial charge on any atom is -0.497 e. The summed E-state index contributed by atoms with van der Waals surface area (Å²) in [6.07, 6.45) is 3.75. The summed E-state index contributed by atoms with van der Waals surface area (Å²) < 4.78 is 35.5. The standard InChI is InChI=1S/C42H53N6O6P/c1-30(2)48(31(3)4)55(52-26-12-24-43)53-28-37-38(47-25-23-40(45-41(47)49)44-29-46(5)6)27-39(37)54-42(32-13-10-9-11-14-32,33-15-19-35(50-7)20-16-33)34-17-21-36(51-8)22-18-34/h9-11,13-23,25,29-31,37-39H,12,26-28H2,1-8H3/t37-,38+,39-,55?/m0/s1. The Balaban J connectivity index is 1.61. The van der Waals surface area contributed by atoms with Crippen LogP contribution in [0, 0.1) is 17.2 Å². The van der Waals surface area contributed by atoms with E-state index in [9.17, 15) is 10.1 Å². The largest absolute Gasteiger partial charge is 0.497 e. The van der Waals surface area contributed by atoms with Crippen LogP contribution >= 0.6 is 8.53 Å². The summed E-state index contributed by atoms with van der Waals surface area (Å²) in [6.45, 7) is 8.90. The lowest BCUT2D eigenvalue weighted by atomic mass is 9.74. The summed E-state index contributed by atoms with van der Waals surface area (Å²) in [7, 11) is 5.46. The van der Waals surface area contributed by atoms with Gasteiger partial charge in [0.2, 0.25) is 0 Å². The third kappa shape index (κ3) is 9.79. The van der Waals surface area contributed by atoms with Crippen LogP contribution in [0.25, 0.3) is 0 Å². The van der Waals surface area contributed by atoms with Crippen molar-refractivity contribution in [1.82, 2.24) is 19.1 Å². The molecule has 3 aromatic carbocycles. The van der Waals surface area contributed by atoms with Crippen molar-refractivity contribution < 1.29 is 23.3 Å². The summed E-state index contributed by atoms with van der Waals surface area (Å²) in [5.74, 6) is 1.49. The molecule has 292 valence electrons.